The van der Waals surface area contributed by atoms with Crippen LogP contribution >= 0.6 is 11.6 Å². The number of imidazole rings is 1. The second-order valence-corrected chi connectivity index (χ2v) is 8.84. The van der Waals surface area contributed by atoms with Crippen LogP contribution in [0.1, 0.15) is 47.1 Å². The standard InChI is InChI=1S/C27H28ClN3O2/c1-18(2)22-13-8-19(3)16-25(22)33-15-14-31-24-7-5-4-6-23(24)30-26(31)17-29-27(32)20-9-11-21(28)12-10-20/h4-13,16,18H,14-15,17H2,1-3H3,(H,29,32). The van der Waals surface area contributed by atoms with Crippen molar-refractivity contribution < 1.29 is 9.53 Å². The minimum Gasteiger partial charge on any atom is -0.491 e. The first kappa shape index (κ1) is 22.9. The number of aromatic nitrogens is 2. The molecule has 33 heavy (non-hydrogen) atoms. The van der Waals surface area contributed by atoms with Gasteiger partial charge < -0.3 is 14.6 Å². The van der Waals surface area contributed by atoms with Crippen LogP contribution in [-0.2, 0) is 13.1 Å². The number of carbonyl (C=O) groups is 1. The summed E-state index contributed by atoms with van der Waals surface area (Å²) in [5.74, 6) is 1.93. The van der Waals surface area contributed by atoms with Crippen molar-refractivity contribution in [3.05, 3.63) is 94.3 Å². The Morgan fingerprint density at radius 1 is 1.09 bits per heavy atom. The van der Waals surface area contributed by atoms with Crippen LogP contribution in [0.4, 0.5) is 0 Å². The lowest BCUT2D eigenvalue weighted by molar-refractivity contribution is 0.0949. The molecule has 0 radical (unpaired) electrons. The van der Waals surface area contributed by atoms with Gasteiger partial charge in [0, 0.05) is 10.6 Å². The number of para-hydroxylation sites is 2. The van der Waals surface area contributed by atoms with E-state index >= 15 is 0 Å². The van der Waals surface area contributed by atoms with Gasteiger partial charge in [0.05, 0.1) is 24.1 Å². The number of nitrogens with zero attached hydrogens (tertiary/aromatic N) is 2. The Hall–Kier alpha value is -3.31. The number of ether oxygens (including phenoxy) is 1. The number of fused-ring (bicyclic) bond motifs is 1. The lowest BCUT2D eigenvalue weighted by Crippen LogP contribution is -2.25. The first-order valence-corrected chi connectivity index (χ1v) is 11.5. The molecule has 5 nitrogen and oxygen atoms in total. The third kappa shape index (κ3) is 5.37. The first-order chi connectivity index (χ1) is 15.9. The molecular weight excluding hydrogens is 434 g/mol. The van der Waals surface area contributed by atoms with Crippen molar-refractivity contribution in [3.8, 4) is 5.75 Å². The molecule has 1 heterocycles. The molecule has 0 saturated carbocycles. The zero-order valence-electron chi connectivity index (χ0n) is 19.1. The Morgan fingerprint density at radius 3 is 2.61 bits per heavy atom. The molecule has 4 rings (SSSR count). The normalized spacial score (nSPS) is 11.2. The van der Waals surface area contributed by atoms with Gasteiger partial charge in [0.25, 0.3) is 5.91 Å². The Bertz CT molecular complexity index is 1260. The van der Waals surface area contributed by atoms with Crippen LogP contribution in [0.25, 0.3) is 11.0 Å². The Balaban J connectivity index is 1.50. The molecule has 4 aromatic rings. The van der Waals surface area contributed by atoms with Gasteiger partial charge in [0.1, 0.15) is 18.2 Å². The van der Waals surface area contributed by atoms with Gasteiger partial charge in [-0.2, -0.15) is 0 Å². The minimum absolute atomic E-state index is 0.164. The minimum atomic E-state index is -0.164. The van der Waals surface area contributed by atoms with E-state index in [1.54, 1.807) is 24.3 Å². The van der Waals surface area contributed by atoms with E-state index in [0.29, 0.717) is 36.2 Å². The maximum Gasteiger partial charge on any atom is 0.251 e. The molecule has 0 unspecified atom stereocenters. The zero-order chi connectivity index (χ0) is 23.4. The molecule has 0 aliphatic heterocycles. The smallest absolute Gasteiger partial charge is 0.251 e. The quantitative estimate of drug-likeness (QED) is 0.343. The summed E-state index contributed by atoms with van der Waals surface area (Å²) in [6, 6.07) is 21.2. The van der Waals surface area contributed by atoms with Crippen LogP contribution in [-0.4, -0.2) is 22.1 Å². The highest BCUT2D eigenvalue weighted by atomic mass is 35.5. The van der Waals surface area contributed by atoms with Crippen LogP contribution < -0.4 is 10.1 Å². The number of hydrogen-bond donors (Lipinski definition) is 1. The second-order valence-electron chi connectivity index (χ2n) is 8.40. The number of rotatable bonds is 8. The Morgan fingerprint density at radius 2 is 1.85 bits per heavy atom. The number of aryl methyl sites for hydroxylation is 1. The van der Waals surface area contributed by atoms with Gasteiger partial charge in [-0.05, 0) is 66.4 Å². The summed E-state index contributed by atoms with van der Waals surface area (Å²) in [6.07, 6.45) is 0. The van der Waals surface area contributed by atoms with Crippen molar-refractivity contribution in [2.45, 2.75) is 39.8 Å². The summed E-state index contributed by atoms with van der Waals surface area (Å²) in [7, 11) is 0. The summed E-state index contributed by atoms with van der Waals surface area (Å²) in [4.78, 5) is 17.3. The van der Waals surface area contributed by atoms with Crippen LogP contribution in [0.2, 0.25) is 5.02 Å². The van der Waals surface area contributed by atoms with E-state index in [1.165, 1.54) is 11.1 Å². The fraction of sp³-hybridized carbons (Fsp3) is 0.259. The van der Waals surface area contributed by atoms with Gasteiger partial charge in [0.15, 0.2) is 0 Å². The average Bonchev–Trinajstić information content (AvgIpc) is 3.15. The highest BCUT2D eigenvalue weighted by Crippen LogP contribution is 2.27. The molecule has 0 saturated heterocycles. The topological polar surface area (TPSA) is 56.1 Å². The fourth-order valence-electron chi connectivity index (χ4n) is 3.86. The first-order valence-electron chi connectivity index (χ1n) is 11.1. The van der Waals surface area contributed by atoms with Gasteiger partial charge in [-0.3, -0.25) is 4.79 Å². The number of hydrogen-bond acceptors (Lipinski definition) is 3. The summed E-state index contributed by atoms with van der Waals surface area (Å²) >= 11 is 5.93. The molecule has 6 heteroatoms. The molecule has 0 atom stereocenters. The molecule has 0 spiro atoms. The number of nitrogens with one attached hydrogen (secondary N) is 1. The molecule has 0 fully saturated rings. The number of carbonyl (C=O) groups excluding carboxylic acids is 1. The molecule has 0 bridgehead atoms. The van der Waals surface area contributed by atoms with E-state index in [9.17, 15) is 4.79 Å². The molecule has 1 N–H and O–H groups in total. The molecule has 1 amide bonds. The van der Waals surface area contributed by atoms with Gasteiger partial charge in [0.2, 0.25) is 0 Å². The van der Waals surface area contributed by atoms with Crippen molar-refractivity contribution in [2.24, 2.45) is 0 Å². The van der Waals surface area contributed by atoms with Gasteiger partial charge in [-0.25, -0.2) is 4.98 Å². The van der Waals surface area contributed by atoms with Crippen LogP contribution in [0.5, 0.6) is 5.75 Å². The number of benzene rings is 3. The average molecular weight is 462 g/mol. The van der Waals surface area contributed by atoms with Gasteiger partial charge in [-0.15, -0.1) is 0 Å². The summed E-state index contributed by atoms with van der Waals surface area (Å²) in [6.45, 7) is 7.85. The largest absolute Gasteiger partial charge is 0.491 e. The third-order valence-corrected chi connectivity index (χ3v) is 5.86. The van der Waals surface area contributed by atoms with E-state index in [4.69, 9.17) is 21.3 Å². The summed E-state index contributed by atoms with van der Waals surface area (Å²) < 4.78 is 8.33. The summed E-state index contributed by atoms with van der Waals surface area (Å²) in [5, 5.41) is 3.57. The molecule has 0 aliphatic rings. The van der Waals surface area contributed by atoms with Crippen molar-refractivity contribution in [1.82, 2.24) is 14.9 Å². The third-order valence-electron chi connectivity index (χ3n) is 5.61. The van der Waals surface area contributed by atoms with Crippen molar-refractivity contribution in [3.63, 3.8) is 0 Å². The van der Waals surface area contributed by atoms with Gasteiger partial charge >= 0.3 is 0 Å². The lowest BCUT2D eigenvalue weighted by atomic mass is 10.0. The van der Waals surface area contributed by atoms with E-state index in [1.807, 2.05) is 24.3 Å². The predicted molar refractivity (Wildman–Crippen MR) is 133 cm³/mol. The van der Waals surface area contributed by atoms with Crippen molar-refractivity contribution in [1.29, 1.82) is 0 Å². The summed E-state index contributed by atoms with van der Waals surface area (Å²) in [5.41, 5.74) is 4.85. The van der Waals surface area contributed by atoms with Crippen LogP contribution in [0.15, 0.2) is 66.7 Å². The number of amides is 1. The molecule has 3 aromatic carbocycles. The fourth-order valence-corrected chi connectivity index (χ4v) is 3.99. The van der Waals surface area contributed by atoms with Crippen LogP contribution in [0, 0.1) is 6.92 Å². The highest BCUT2D eigenvalue weighted by molar-refractivity contribution is 6.30. The maximum absolute atomic E-state index is 12.6. The Labute approximate surface area is 199 Å². The van der Waals surface area contributed by atoms with Crippen molar-refractivity contribution >= 4 is 28.5 Å². The molecular formula is C27H28ClN3O2. The lowest BCUT2D eigenvalue weighted by Gasteiger charge is -2.16. The monoisotopic (exact) mass is 461 g/mol. The molecule has 1 aromatic heterocycles. The zero-order valence-corrected chi connectivity index (χ0v) is 19.9. The van der Waals surface area contributed by atoms with E-state index in [-0.39, 0.29) is 5.91 Å². The van der Waals surface area contributed by atoms with Crippen LogP contribution in [0.3, 0.4) is 0 Å². The Kier molecular flexibility index (Phi) is 6.99. The highest BCUT2D eigenvalue weighted by Gasteiger charge is 2.14. The second kappa shape index (κ2) is 10.1. The number of halogens is 1. The molecule has 170 valence electrons. The van der Waals surface area contributed by atoms with E-state index in [0.717, 1.165) is 22.6 Å². The maximum atomic E-state index is 12.6. The van der Waals surface area contributed by atoms with E-state index < -0.39 is 0 Å². The molecule has 0 aliphatic carbocycles. The SMILES string of the molecule is Cc1ccc(C(C)C)c(OCCn2c(CNC(=O)c3ccc(Cl)cc3)nc3ccccc32)c1. The van der Waals surface area contributed by atoms with Crippen molar-refractivity contribution in [2.75, 3.05) is 6.61 Å². The predicted octanol–water partition coefficient (Wildman–Crippen LogP) is 6.13. The van der Waals surface area contributed by atoms with Gasteiger partial charge in [-0.1, -0.05) is 49.7 Å². The van der Waals surface area contributed by atoms with E-state index in [2.05, 4.69) is 48.9 Å².